The van der Waals surface area contributed by atoms with Gasteiger partial charge in [0, 0.05) is 23.7 Å². The molecular weight excluding hydrogens is 512 g/mol. The van der Waals surface area contributed by atoms with Gasteiger partial charge in [-0.15, -0.1) is 0 Å². The first-order valence-electron chi connectivity index (χ1n) is 15.5. The molecule has 2 rings (SSSR count). The number of unbranched alkanes of at least 4 members (excludes halogenated alkanes) is 4. The zero-order valence-electron chi connectivity index (χ0n) is 26.5. The molecule has 0 fully saturated rings. The number of pyridine rings is 1. The maximum Gasteiger partial charge on any atom is 0.136 e. The molecule has 0 saturated heterocycles. The number of rotatable bonds is 16. The van der Waals surface area contributed by atoms with Crippen LogP contribution in [-0.4, -0.2) is 11.5 Å². The summed E-state index contributed by atoms with van der Waals surface area (Å²) in [5.74, 6) is 8.03. The van der Waals surface area contributed by atoms with Crippen LogP contribution >= 0.6 is 0 Å². The van der Waals surface area contributed by atoms with Crippen LogP contribution in [0, 0.1) is 11.8 Å². The van der Waals surface area contributed by atoms with Gasteiger partial charge in [0.15, 0.2) is 0 Å². The van der Waals surface area contributed by atoms with Crippen molar-refractivity contribution in [1.29, 1.82) is 0 Å². The normalized spacial score (nSPS) is 12.2. The molecule has 222 valence electrons. The summed E-state index contributed by atoms with van der Waals surface area (Å²) in [7, 11) is 0. The zero-order chi connectivity index (χ0) is 30.6. The van der Waals surface area contributed by atoms with Crippen molar-refractivity contribution in [3.63, 3.8) is 0 Å². The van der Waals surface area contributed by atoms with Gasteiger partial charge in [-0.2, -0.15) is 0 Å². The molecule has 0 amide bonds. The van der Waals surface area contributed by atoms with Gasteiger partial charge < -0.3 is 10.5 Å². The predicted octanol–water partition coefficient (Wildman–Crippen LogP) is 10.4. The number of allylic oxidation sites excluding steroid dienone is 9. The highest BCUT2D eigenvalue weighted by Crippen LogP contribution is 2.31. The molecule has 1 aromatic carbocycles. The summed E-state index contributed by atoms with van der Waals surface area (Å²) in [5.41, 5.74) is 13.0. The van der Waals surface area contributed by atoms with Crippen molar-refractivity contribution >= 4 is 11.1 Å². The third-order valence-electron chi connectivity index (χ3n) is 6.40. The first kappa shape index (κ1) is 34.3. The molecule has 42 heavy (non-hydrogen) atoms. The molecule has 0 spiro atoms. The minimum absolute atomic E-state index is 0.620. The Bertz CT molecular complexity index is 1340. The van der Waals surface area contributed by atoms with Crippen LogP contribution in [-0.2, 0) is 0 Å². The van der Waals surface area contributed by atoms with E-state index in [-0.39, 0.29) is 0 Å². The first-order chi connectivity index (χ1) is 20.4. The van der Waals surface area contributed by atoms with Gasteiger partial charge in [0.2, 0.25) is 0 Å². The third-order valence-corrected chi connectivity index (χ3v) is 6.40. The van der Waals surface area contributed by atoms with Crippen LogP contribution in [0.3, 0.4) is 0 Å². The highest BCUT2D eigenvalue weighted by atomic mass is 16.5. The van der Waals surface area contributed by atoms with Crippen LogP contribution in [0.25, 0.3) is 11.1 Å². The maximum absolute atomic E-state index is 6.71. The van der Waals surface area contributed by atoms with Gasteiger partial charge in [-0.3, -0.25) is 4.98 Å². The average molecular weight is 563 g/mol. The van der Waals surface area contributed by atoms with Gasteiger partial charge >= 0.3 is 0 Å². The number of nitrogens with two attached hydrogens (primary N) is 1. The van der Waals surface area contributed by atoms with E-state index >= 15 is 0 Å². The zero-order valence-corrected chi connectivity index (χ0v) is 26.5. The highest BCUT2D eigenvalue weighted by molar-refractivity contribution is 5.78. The third kappa shape index (κ3) is 12.8. The van der Waals surface area contributed by atoms with E-state index in [1.165, 1.54) is 18.4 Å². The molecule has 0 atom stereocenters. The minimum atomic E-state index is 0.620. The number of hydrogen-bond donors (Lipinski definition) is 1. The summed E-state index contributed by atoms with van der Waals surface area (Å²) < 4.78 is 6.71. The Kier molecular flexibility index (Phi) is 16.4. The first-order valence-corrected chi connectivity index (χ1v) is 15.5. The summed E-state index contributed by atoms with van der Waals surface area (Å²) in [6.45, 7) is 15.7. The van der Waals surface area contributed by atoms with Gasteiger partial charge in [-0.1, -0.05) is 100.0 Å². The van der Waals surface area contributed by atoms with E-state index in [0.717, 1.165) is 83.6 Å². The van der Waals surface area contributed by atoms with E-state index in [9.17, 15) is 0 Å². The van der Waals surface area contributed by atoms with E-state index in [4.69, 9.17) is 10.5 Å². The van der Waals surface area contributed by atoms with Crippen molar-refractivity contribution < 1.29 is 4.74 Å². The number of aromatic nitrogens is 1. The lowest BCUT2D eigenvalue weighted by atomic mass is 10.0. The summed E-state index contributed by atoms with van der Waals surface area (Å²) in [4.78, 5) is 4.61. The standard InChI is InChI=1S/C39H50N2O/c1-7-10-13-17-33(25-26-40)22-21-32(6)37-24-23-34(18-14-11-8-2)29-39(37)42-36(28-31(4)5)30-35(19-12-9-3)38-20-15-16-27-41-38/h15-17,19-24,27-30H,6-13,25-26,40H2,1-5H3/b22-21-,33-17+,35-19+,36-30+. The van der Waals surface area contributed by atoms with Gasteiger partial charge in [0.05, 0.1) is 5.69 Å². The summed E-state index contributed by atoms with van der Waals surface area (Å²) in [6.07, 6.45) is 22.9. The van der Waals surface area contributed by atoms with Crippen LogP contribution in [0.1, 0.15) is 103 Å². The summed E-state index contributed by atoms with van der Waals surface area (Å²) in [5, 5.41) is 0. The molecule has 0 aliphatic heterocycles. The fraction of sp³-hybridized carbons (Fsp3) is 0.359. The van der Waals surface area contributed by atoms with Gasteiger partial charge in [-0.05, 0) is 99.7 Å². The Balaban J connectivity index is 2.59. The second-order valence-electron chi connectivity index (χ2n) is 10.6. The number of nitrogens with zero attached hydrogens (tertiary/aromatic N) is 1. The van der Waals surface area contributed by atoms with E-state index < -0.39 is 0 Å². The molecule has 3 nitrogen and oxygen atoms in total. The molecule has 0 unspecified atom stereocenters. The summed E-state index contributed by atoms with van der Waals surface area (Å²) in [6, 6.07) is 12.1. The summed E-state index contributed by atoms with van der Waals surface area (Å²) >= 11 is 0. The molecule has 3 heteroatoms. The van der Waals surface area contributed by atoms with Crippen molar-refractivity contribution in [3.05, 3.63) is 119 Å². The Morgan fingerprint density at radius 3 is 2.48 bits per heavy atom. The van der Waals surface area contributed by atoms with E-state index in [2.05, 4.69) is 101 Å². The van der Waals surface area contributed by atoms with E-state index in [0.29, 0.717) is 6.54 Å². The lowest BCUT2D eigenvalue weighted by Crippen LogP contribution is -2.00. The smallest absolute Gasteiger partial charge is 0.136 e. The second-order valence-corrected chi connectivity index (χ2v) is 10.6. The average Bonchev–Trinajstić information content (AvgIpc) is 2.98. The minimum Gasteiger partial charge on any atom is -0.457 e. The molecule has 0 aliphatic rings. The van der Waals surface area contributed by atoms with Crippen LogP contribution in [0.2, 0.25) is 0 Å². The fourth-order valence-electron chi connectivity index (χ4n) is 4.18. The predicted molar refractivity (Wildman–Crippen MR) is 183 cm³/mol. The Labute approximate surface area is 255 Å². The SMILES string of the molecule is C=C(/C=C\C(=C/CCCC)CCN)c1ccc(C#CCCC)cc1O/C(C=C(C)C)=C/C(=C\CCC)c1ccccn1. The quantitative estimate of drug-likeness (QED) is 0.0958. The molecule has 2 aromatic rings. The van der Waals surface area contributed by atoms with Crippen LogP contribution in [0.4, 0.5) is 0 Å². The van der Waals surface area contributed by atoms with E-state index in [1.54, 1.807) is 0 Å². The molecule has 0 aliphatic carbocycles. The van der Waals surface area contributed by atoms with Crippen molar-refractivity contribution in [3.8, 4) is 17.6 Å². The van der Waals surface area contributed by atoms with Gasteiger partial charge in [0.1, 0.15) is 11.5 Å². The van der Waals surface area contributed by atoms with Crippen LogP contribution in [0.5, 0.6) is 5.75 Å². The molecular formula is C39H50N2O. The molecule has 0 saturated carbocycles. The topological polar surface area (TPSA) is 48.1 Å². The Hall–Kier alpha value is -3.87. The molecule has 1 aromatic heterocycles. The van der Waals surface area contributed by atoms with Gasteiger partial charge in [-0.25, -0.2) is 0 Å². The van der Waals surface area contributed by atoms with Crippen molar-refractivity contribution in [1.82, 2.24) is 4.98 Å². The second kappa shape index (κ2) is 20.1. The lowest BCUT2D eigenvalue weighted by Gasteiger charge is -2.15. The molecule has 1 heterocycles. The number of benzene rings is 1. The van der Waals surface area contributed by atoms with Crippen LogP contribution < -0.4 is 10.5 Å². The van der Waals surface area contributed by atoms with Crippen molar-refractivity contribution in [2.45, 2.75) is 86.0 Å². The Morgan fingerprint density at radius 1 is 0.976 bits per heavy atom. The van der Waals surface area contributed by atoms with Crippen molar-refractivity contribution in [2.75, 3.05) is 6.54 Å². The molecule has 2 N–H and O–H groups in total. The number of ether oxygens (including phenoxy) is 1. The van der Waals surface area contributed by atoms with Crippen molar-refractivity contribution in [2.24, 2.45) is 5.73 Å². The molecule has 0 radical (unpaired) electrons. The maximum atomic E-state index is 6.71. The lowest BCUT2D eigenvalue weighted by molar-refractivity contribution is 0.443. The largest absolute Gasteiger partial charge is 0.457 e. The Morgan fingerprint density at radius 2 is 1.81 bits per heavy atom. The fourth-order valence-corrected chi connectivity index (χ4v) is 4.18. The molecule has 0 bridgehead atoms. The highest BCUT2D eigenvalue weighted by Gasteiger charge is 2.11. The van der Waals surface area contributed by atoms with Crippen LogP contribution in [0.15, 0.2) is 103 Å². The van der Waals surface area contributed by atoms with E-state index in [1.807, 2.05) is 36.5 Å². The van der Waals surface area contributed by atoms with Gasteiger partial charge in [0.25, 0.3) is 0 Å². The number of hydrogen-bond acceptors (Lipinski definition) is 3. The monoisotopic (exact) mass is 562 g/mol.